The molecular weight excluding hydrogens is 441 g/mol. The Morgan fingerprint density at radius 1 is 1.09 bits per heavy atom. The van der Waals surface area contributed by atoms with Crippen molar-refractivity contribution in [2.24, 2.45) is 0 Å². The maximum absolute atomic E-state index is 14.0. The Morgan fingerprint density at radius 2 is 1.88 bits per heavy atom. The molecule has 0 saturated heterocycles. The zero-order valence-electron chi connectivity index (χ0n) is 18.0. The van der Waals surface area contributed by atoms with Gasteiger partial charge in [-0.1, -0.05) is 29.4 Å². The Hall–Kier alpha value is -3.85. The summed E-state index contributed by atoms with van der Waals surface area (Å²) in [4.78, 5) is 23.6. The summed E-state index contributed by atoms with van der Waals surface area (Å²) < 4.78 is 19.6. The van der Waals surface area contributed by atoms with Gasteiger partial charge in [-0.25, -0.2) is 19.2 Å². The van der Waals surface area contributed by atoms with Crippen LogP contribution in [0.25, 0.3) is 32.7 Å². The van der Waals surface area contributed by atoms with Crippen LogP contribution in [0.2, 0.25) is 0 Å². The summed E-state index contributed by atoms with van der Waals surface area (Å²) in [6, 6.07) is 12.6. The zero-order valence-corrected chi connectivity index (χ0v) is 18.8. The first-order valence-electron chi connectivity index (χ1n) is 10.4. The number of aromatic nitrogens is 4. The molecular formula is C24H20FN5O2S. The van der Waals surface area contributed by atoms with E-state index >= 15 is 0 Å². The average molecular weight is 462 g/mol. The molecule has 0 unspecified atom stereocenters. The van der Waals surface area contributed by atoms with Gasteiger partial charge in [0.25, 0.3) is 0 Å². The van der Waals surface area contributed by atoms with Crippen LogP contribution in [0.1, 0.15) is 16.0 Å². The van der Waals surface area contributed by atoms with Crippen molar-refractivity contribution in [2.75, 3.05) is 11.9 Å². The van der Waals surface area contributed by atoms with Gasteiger partial charge in [0.15, 0.2) is 5.82 Å². The summed E-state index contributed by atoms with van der Waals surface area (Å²) in [6.07, 6.45) is 2.28. The van der Waals surface area contributed by atoms with Gasteiger partial charge in [-0.3, -0.25) is 9.51 Å². The van der Waals surface area contributed by atoms with E-state index in [1.54, 1.807) is 23.5 Å². The van der Waals surface area contributed by atoms with E-state index in [9.17, 15) is 9.18 Å². The first-order valence-corrected chi connectivity index (χ1v) is 11.2. The number of thiophene rings is 1. The lowest BCUT2D eigenvalue weighted by atomic mass is 10.1. The Labute approximate surface area is 192 Å². The van der Waals surface area contributed by atoms with E-state index in [0.29, 0.717) is 18.2 Å². The molecule has 0 aliphatic rings. The van der Waals surface area contributed by atoms with E-state index < -0.39 is 5.76 Å². The van der Waals surface area contributed by atoms with Gasteiger partial charge in [0.2, 0.25) is 0 Å². The first kappa shape index (κ1) is 21.0. The van der Waals surface area contributed by atoms with E-state index in [0.717, 1.165) is 38.9 Å². The van der Waals surface area contributed by atoms with Gasteiger partial charge in [0.1, 0.15) is 18.0 Å². The molecule has 0 saturated carbocycles. The van der Waals surface area contributed by atoms with Crippen molar-refractivity contribution in [1.82, 2.24) is 20.1 Å². The summed E-state index contributed by atoms with van der Waals surface area (Å²) in [6.45, 7) is 4.69. The van der Waals surface area contributed by atoms with Gasteiger partial charge in [0.05, 0.1) is 5.69 Å². The van der Waals surface area contributed by atoms with Crippen LogP contribution in [0, 0.1) is 19.7 Å². The molecule has 0 aliphatic carbocycles. The Bertz CT molecular complexity index is 1500. The Kier molecular flexibility index (Phi) is 5.47. The summed E-state index contributed by atoms with van der Waals surface area (Å²) in [7, 11) is 0. The Balaban J connectivity index is 1.30. The van der Waals surface area contributed by atoms with Gasteiger partial charge >= 0.3 is 5.76 Å². The highest BCUT2D eigenvalue weighted by Gasteiger charge is 2.12. The van der Waals surface area contributed by atoms with Crippen LogP contribution in [0.3, 0.4) is 0 Å². The highest BCUT2D eigenvalue weighted by Crippen LogP contribution is 2.34. The lowest BCUT2D eigenvalue weighted by molar-refractivity contribution is 0.388. The number of nitrogens with zero attached hydrogens (tertiary/aromatic N) is 3. The molecule has 9 heteroatoms. The fourth-order valence-electron chi connectivity index (χ4n) is 3.89. The van der Waals surface area contributed by atoms with Crippen LogP contribution in [-0.2, 0) is 6.42 Å². The van der Waals surface area contributed by atoms with E-state index in [2.05, 4.69) is 36.9 Å². The molecule has 0 spiro atoms. The molecule has 2 aromatic carbocycles. The monoisotopic (exact) mass is 461 g/mol. The lowest BCUT2D eigenvalue weighted by Gasteiger charge is -2.08. The minimum absolute atomic E-state index is 0.201. The summed E-state index contributed by atoms with van der Waals surface area (Å²) >= 11 is 1.71. The van der Waals surface area contributed by atoms with Crippen LogP contribution >= 0.6 is 11.3 Å². The molecule has 3 heterocycles. The number of anilines is 1. The number of rotatable bonds is 6. The Morgan fingerprint density at radius 3 is 2.64 bits per heavy atom. The number of nitrogens with one attached hydrogen (secondary N) is 2. The van der Waals surface area contributed by atoms with E-state index in [-0.39, 0.29) is 5.82 Å². The molecule has 5 aromatic rings. The minimum Gasteiger partial charge on any atom is -0.370 e. The predicted octanol–water partition coefficient (Wildman–Crippen LogP) is 5.11. The third-order valence-corrected chi connectivity index (χ3v) is 6.79. The molecule has 166 valence electrons. The smallest absolute Gasteiger partial charge is 0.370 e. The number of hydrogen-bond donors (Lipinski definition) is 2. The molecule has 2 N–H and O–H groups in total. The summed E-state index contributed by atoms with van der Waals surface area (Å²) in [5.74, 6) is 0.298. The number of fused-ring (bicyclic) bond motifs is 1. The molecule has 5 rings (SSSR count). The molecule has 0 aliphatic heterocycles. The second kappa shape index (κ2) is 8.59. The van der Waals surface area contributed by atoms with Crippen molar-refractivity contribution in [3.63, 3.8) is 0 Å². The van der Waals surface area contributed by atoms with E-state index in [1.165, 1.54) is 16.8 Å². The summed E-state index contributed by atoms with van der Waals surface area (Å²) in [5.41, 5.74) is 4.55. The maximum atomic E-state index is 14.0. The fourth-order valence-corrected chi connectivity index (χ4v) is 5.04. The minimum atomic E-state index is -0.591. The highest BCUT2D eigenvalue weighted by atomic mass is 32.1. The van der Waals surface area contributed by atoms with Crippen LogP contribution in [0.5, 0.6) is 0 Å². The topological polar surface area (TPSA) is 96.7 Å². The number of benzene rings is 2. The highest BCUT2D eigenvalue weighted by molar-refractivity contribution is 7.19. The van der Waals surface area contributed by atoms with Crippen molar-refractivity contribution in [3.05, 3.63) is 81.2 Å². The van der Waals surface area contributed by atoms with Crippen LogP contribution in [0.15, 0.2) is 58.1 Å². The molecule has 7 nitrogen and oxygen atoms in total. The maximum Gasteiger partial charge on any atom is 0.439 e. The van der Waals surface area contributed by atoms with E-state index in [1.807, 2.05) is 37.3 Å². The standard InChI is InChI=1S/C24H20FN5O2S/c1-13-9-17(25)10-19-18(14(2)33-22(13)19)7-8-26-21-11-20(27-12-28-21)15-3-5-16(6-4-15)23-29-24(31)32-30-23/h3-6,9-12H,7-8H2,1-2H3,(H,26,27,28)(H,29,30,31). The largest absolute Gasteiger partial charge is 0.439 e. The van der Waals surface area contributed by atoms with Crippen molar-refractivity contribution >= 4 is 27.2 Å². The normalized spacial score (nSPS) is 11.2. The molecule has 0 amide bonds. The van der Waals surface area contributed by atoms with Gasteiger partial charge in [-0.2, -0.15) is 0 Å². The van der Waals surface area contributed by atoms with Crippen molar-refractivity contribution in [1.29, 1.82) is 0 Å². The van der Waals surface area contributed by atoms with Crippen molar-refractivity contribution < 1.29 is 8.91 Å². The SMILES string of the molecule is Cc1sc2c(C)cc(F)cc2c1CCNc1cc(-c2ccc(-c3noc(=O)[nH]3)cc2)ncn1. The number of hydrogen-bond acceptors (Lipinski definition) is 7. The fraction of sp³-hybridized carbons (Fsp3) is 0.167. The summed E-state index contributed by atoms with van der Waals surface area (Å²) in [5, 5.41) is 8.04. The first-order chi connectivity index (χ1) is 16.0. The van der Waals surface area contributed by atoms with Crippen molar-refractivity contribution in [2.45, 2.75) is 20.3 Å². The molecule has 0 bridgehead atoms. The van der Waals surface area contributed by atoms with Crippen LogP contribution < -0.4 is 11.1 Å². The van der Waals surface area contributed by atoms with Gasteiger partial charge in [-0.05, 0) is 48.9 Å². The number of aromatic amines is 1. The molecule has 33 heavy (non-hydrogen) atoms. The molecule has 0 radical (unpaired) electrons. The molecule has 0 atom stereocenters. The van der Waals surface area contributed by atoms with Gasteiger partial charge < -0.3 is 5.32 Å². The second-order valence-electron chi connectivity index (χ2n) is 7.72. The van der Waals surface area contributed by atoms with Gasteiger partial charge in [0, 0.05) is 33.3 Å². The predicted molar refractivity (Wildman–Crippen MR) is 127 cm³/mol. The van der Waals surface area contributed by atoms with E-state index in [4.69, 9.17) is 0 Å². The van der Waals surface area contributed by atoms with Crippen LogP contribution in [0.4, 0.5) is 10.2 Å². The van der Waals surface area contributed by atoms with Crippen LogP contribution in [-0.4, -0.2) is 26.7 Å². The van der Waals surface area contributed by atoms with Crippen molar-refractivity contribution in [3.8, 4) is 22.6 Å². The third kappa shape index (κ3) is 4.27. The van der Waals surface area contributed by atoms with Gasteiger partial charge in [-0.15, -0.1) is 11.3 Å². The molecule has 0 fully saturated rings. The average Bonchev–Trinajstić information content (AvgIpc) is 3.38. The third-order valence-electron chi connectivity index (χ3n) is 5.49. The number of halogens is 1. The zero-order chi connectivity index (χ0) is 22.9. The molecule has 3 aromatic heterocycles. The number of H-pyrrole nitrogens is 1. The quantitative estimate of drug-likeness (QED) is 0.365. The second-order valence-corrected chi connectivity index (χ2v) is 8.95. The number of aryl methyl sites for hydroxylation is 2. The lowest BCUT2D eigenvalue weighted by Crippen LogP contribution is -2.07.